The minimum atomic E-state index is -1.38. The summed E-state index contributed by atoms with van der Waals surface area (Å²) in [6, 6.07) is 7.19. The fraction of sp³-hybridized carbons (Fsp3) is 0.400. The van der Waals surface area contributed by atoms with Crippen LogP contribution in [-0.2, 0) is 11.4 Å². The summed E-state index contributed by atoms with van der Waals surface area (Å²) in [4.78, 5) is 8.50. The monoisotopic (exact) mass is 304 g/mol. The van der Waals surface area contributed by atoms with Gasteiger partial charge in [-0.1, -0.05) is 19.0 Å². The summed E-state index contributed by atoms with van der Waals surface area (Å²) in [5, 5.41) is 18.5. The molecule has 1 atom stereocenters. The largest absolute Gasteiger partial charge is 0.460 e. The van der Waals surface area contributed by atoms with Crippen molar-refractivity contribution in [1.29, 1.82) is 0 Å². The van der Waals surface area contributed by atoms with E-state index in [0.717, 1.165) is 5.56 Å². The van der Waals surface area contributed by atoms with Crippen molar-refractivity contribution in [3.8, 4) is 5.75 Å². The first-order valence-corrected chi connectivity index (χ1v) is 6.94. The Morgan fingerprint density at radius 3 is 2.64 bits per heavy atom. The molecule has 0 saturated carbocycles. The van der Waals surface area contributed by atoms with Gasteiger partial charge in [0.05, 0.1) is 6.21 Å². The summed E-state index contributed by atoms with van der Waals surface area (Å²) < 4.78 is 7.33. The molecule has 1 heterocycles. The third-order valence-electron chi connectivity index (χ3n) is 3.24. The van der Waals surface area contributed by atoms with Crippen LogP contribution < -0.4 is 4.74 Å². The summed E-state index contributed by atoms with van der Waals surface area (Å²) in [6.45, 7) is 3.96. The maximum Gasteiger partial charge on any atom is 0.230 e. The average Bonchev–Trinajstić information content (AvgIpc) is 2.99. The van der Waals surface area contributed by atoms with Gasteiger partial charge in [0.15, 0.2) is 0 Å². The highest BCUT2D eigenvalue weighted by atomic mass is 16.6. The molecule has 0 bridgehead atoms. The van der Waals surface area contributed by atoms with Crippen molar-refractivity contribution in [1.82, 2.24) is 14.8 Å². The molecule has 0 amide bonds. The quantitative estimate of drug-likeness (QED) is 0.478. The molecule has 22 heavy (non-hydrogen) atoms. The van der Waals surface area contributed by atoms with E-state index in [1.54, 1.807) is 29.4 Å². The van der Waals surface area contributed by atoms with Crippen LogP contribution in [0.3, 0.4) is 0 Å². The molecule has 7 heteroatoms. The summed E-state index contributed by atoms with van der Waals surface area (Å²) in [5.74, 6) is -0.951. The molecule has 1 N–H and O–H groups in total. The highest BCUT2D eigenvalue weighted by Gasteiger charge is 2.34. The van der Waals surface area contributed by atoms with Gasteiger partial charge in [0.1, 0.15) is 32.1 Å². The van der Waals surface area contributed by atoms with Gasteiger partial charge >= 0.3 is 0 Å². The zero-order chi connectivity index (χ0) is 16.0. The smallest absolute Gasteiger partial charge is 0.230 e. The first kappa shape index (κ1) is 16.0. The molecular formula is C15H20N4O3. The Morgan fingerprint density at radius 1 is 1.36 bits per heavy atom. The van der Waals surface area contributed by atoms with E-state index in [2.05, 4.69) is 20.1 Å². The lowest BCUT2D eigenvalue weighted by Gasteiger charge is -2.32. The molecule has 2 rings (SSSR count). The molecule has 0 fully saturated rings. The predicted octanol–water partition coefficient (Wildman–Crippen LogP) is 1.68. The molecule has 7 nitrogen and oxygen atoms in total. The van der Waals surface area contributed by atoms with Crippen molar-refractivity contribution in [2.75, 3.05) is 7.11 Å². The Morgan fingerprint density at radius 2 is 2.09 bits per heavy atom. The lowest BCUT2D eigenvalue weighted by molar-refractivity contribution is -0.181. The van der Waals surface area contributed by atoms with Crippen LogP contribution in [0.25, 0.3) is 0 Å². The number of ether oxygens (including phenoxy) is 1. The predicted molar refractivity (Wildman–Crippen MR) is 81.5 cm³/mol. The second-order valence-corrected chi connectivity index (χ2v) is 5.18. The number of hydrogen-bond acceptors (Lipinski definition) is 6. The van der Waals surface area contributed by atoms with Gasteiger partial charge in [0.2, 0.25) is 5.79 Å². The van der Waals surface area contributed by atoms with E-state index in [-0.39, 0.29) is 12.5 Å². The molecule has 0 aliphatic carbocycles. The molecule has 0 aliphatic heterocycles. The Bertz CT molecular complexity index is 596. The molecule has 118 valence electrons. The van der Waals surface area contributed by atoms with Gasteiger partial charge in [-0.3, -0.25) is 0 Å². The SMILES string of the molecule is CON=Cc1ccc(OC(O)(Cn2cncn2)C(C)C)cc1. The van der Waals surface area contributed by atoms with Crippen molar-refractivity contribution >= 4 is 6.21 Å². The highest BCUT2D eigenvalue weighted by Crippen LogP contribution is 2.25. The summed E-state index contributed by atoms with van der Waals surface area (Å²) >= 11 is 0. The van der Waals surface area contributed by atoms with Crippen molar-refractivity contribution in [2.24, 2.45) is 11.1 Å². The number of benzene rings is 1. The fourth-order valence-corrected chi connectivity index (χ4v) is 1.82. The van der Waals surface area contributed by atoms with Gasteiger partial charge < -0.3 is 14.7 Å². The molecule has 0 aliphatic rings. The van der Waals surface area contributed by atoms with Crippen molar-refractivity contribution in [3.05, 3.63) is 42.5 Å². The summed E-state index contributed by atoms with van der Waals surface area (Å²) in [5.41, 5.74) is 0.874. The van der Waals surface area contributed by atoms with Crippen LogP contribution in [0.4, 0.5) is 0 Å². The standard InChI is InChI=1S/C15H20N4O3/c1-12(2)15(20,9-19-11-16-10-17-19)22-14-6-4-13(5-7-14)8-18-21-3/h4-8,10-12,20H,9H2,1-3H3. The van der Waals surface area contributed by atoms with Gasteiger partial charge in [-0.2, -0.15) is 5.10 Å². The molecule has 0 saturated heterocycles. The molecule has 1 aromatic carbocycles. The van der Waals surface area contributed by atoms with E-state index in [4.69, 9.17) is 4.74 Å². The topological polar surface area (TPSA) is 81.8 Å². The maximum atomic E-state index is 10.8. The van der Waals surface area contributed by atoms with Crippen LogP contribution in [0, 0.1) is 5.92 Å². The van der Waals surface area contributed by atoms with E-state index < -0.39 is 5.79 Å². The summed E-state index contributed by atoms with van der Waals surface area (Å²) in [6.07, 6.45) is 4.56. The van der Waals surface area contributed by atoms with Gasteiger partial charge in [-0.15, -0.1) is 0 Å². The van der Waals surface area contributed by atoms with Crippen molar-refractivity contribution in [2.45, 2.75) is 26.2 Å². The second kappa shape index (κ2) is 7.04. The Kier molecular flexibility index (Phi) is 5.11. The van der Waals surface area contributed by atoms with E-state index in [9.17, 15) is 5.11 Å². The molecular weight excluding hydrogens is 284 g/mol. The van der Waals surface area contributed by atoms with Gasteiger partial charge in [-0.25, -0.2) is 9.67 Å². The van der Waals surface area contributed by atoms with E-state index in [0.29, 0.717) is 5.75 Å². The second-order valence-electron chi connectivity index (χ2n) is 5.18. The van der Waals surface area contributed by atoms with Crippen molar-refractivity contribution < 1.29 is 14.7 Å². The third-order valence-corrected chi connectivity index (χ3v) is 3.24. The van der Waals surface area contributed by atoms with Crippen LogP contribution in [0.15, 0.2) is 42.1 Å². The van der Waals surface area contributed by atoms with Gasteiger partial charge in [0.25, 0.3) is 0 Å². The zero-order valence-corrected chi connectivity index (χ0v) is 12.9. The number of aromatic nitrogens is 3. The van der Waals surface area contributed by atoms with Crippen molar-refractivity contribution in [3.63, 3.8) is 0 Å². The Hall–Kier alpha value is -2.41. The number of aliphatic hydroxyl groups is 1. The maximum absolute atomic E-state index is 10.8. The molecule has 1 aromatic heterocycles. The molecule has 2 aromatic rings. The fourth-order valence-electron chi connectivity index (χ4n) is 1.82. The number of rotatable bonds is 7. The number of nitrogens with zero attached hydrogens (tertiary/aromatic N) is 4. The lowest BCUT2D eigenvalue weighted by Crippen LogP contribution is -2.45. The van der Waals surface area contributed by atoms with Gasteiger partial charge in [-0.05, 0) is 29.8 Å². The van der Waals surface area contributed by atoms with E-state index in [1.807, 2.05) is 26.0 Å². The van der Waals surface area contributed by atoms with Crippen LogP contribution >= 0.6 is 0 Å². The number of hydrogen-bond donors (Lipinski definition) is 1. The van der Waals surface area contributed by atoms with E-state index in [1.165, 1.54) is 13.4 Å². The lowest BCUT2D eigenvalue weighted by atomic mass is 10.0. The molecule has 1 unspecified atom stereocenters. The average molecular weight is 304 g/mol. The zero-order valence-electron chi connectivity index (χ0n) is 12.9. The molecule has 0 spiro atoms. The number of oxime groups is 1. The first-order valence-electron chi connectivity index (χ1n) is 6.94. The van der Waals surface area contributed by atoms with Crippen LogP contribution in [-0.4, -0.2) is 39.0 Å². The summed E-state index contributed by atoms with van der Waals surface area (Å²) in [7, 11) is 1.49. The minimum absolute atomic E-state index is 0.133. The highest BCUT2D eigenvalue weighted by molar-refractivity contribution is 5.79. The van der Waals surface area contributed by atoms with Crippen LogP contribution in [0.1, 0.15) is 19.4 Å². The molecule has 0 radical (unpaired) electrons. The van der Waals surface area contributed by atoms with E-state index >= 15 is 0 Å². The van der Waals surface area contributed by atoms with Crippen LogP contribution in [0.5, 0.6) is 5.75 Å². The van der Waals surface area contributed by atoms with Gasteiger partial charge in [0, 0.05) is 5.92 Å². The van der Waals surface area contributed by atoms with Crippen LogP contribution in [0.2, 0.25) is 0 Å². The normalized spacial score (nSPS) is 14.2. The third kappa shape index (κ3) is 4.05. The minimum Gasteiger partial charge on any atom is -0.460 e. The Labute approximate surface area is 129 Å². The Balaban J connectivity index is 2.12. The first-order chi connectivity index (χ1) is 10.5.